The minimum Gasteiger partial charge on any atom is -0.478 e. The van der Waals surface area contributed by atoms with Crippen molar-refractivity contribution >= 4 is 22.6 Å². The molecule has 3 N–H and O–H groups in total. The fourth-order valence-corrected chi connectivity index (χ4v) is 1.44. The Morgan fingerprint density at radius 3 is 2.86 bits per heavy atom. The standard InChI is InChI=1S/C10H8N2O2/c11-9-8-6(4-5-12-9)2-1-3-7(8)10(13)14/h1-5H,(H2,11,12)(H,13,14). The first kappa shape index (κ1) is 8.50. The normalized spacial score (nSPS) is 10.3. The molecule has 0 amide bonds. The van der Waals surface area contributed by atoms with Gasteiger partial charge in [-0.3, -0.25) is 0 Å². The molecule has 0 aliphatic carbocycles. The molecule has 0 radical (unpaired) electrons. The van der Waals surface area contributed by atoms with Crippen LogP contribution in [0.15, 0.2) is 30.5 Å². The number of carboxylic acid groups (broad SMARTS) is 1. The maximum atomic E-state index is 10.9. The van der Waals surface area contributed by atoms with Gasteiger partial charge in [-0.25, -0.2) is 9.78 Å². The van der Waals surface area contributed by atoms with E-state index in [-0.39, 0.29) is 11.4 Å². The highest BCUT2D eigenvalue weighted by molar-refractivity contribution is 6.07. The third-order valence-corrected chi connectivity index (χ3v) is 2.05. The number of anilines is 1. The molecule has 1 aromatic carbocycles. The summed E-state index contributed by atoms with van der Waals surface area (Å²) in [4.78, 5) is 14.7. The number of rotatable bonds is 1. The van der Waals surface area contributed by atoms with Crippen molar-refractivity contribution in [2.24, 2.45) is 0 Å². The van der Waals surface area contributed by atoms with E-state index in [1.165, 1.54) is 6.07 Å². The van der Waals surface area contributed by atoms with Gasteiger partial charge in [-0.1, -0.05) is 12.1 Å². The van der Waals surface area contributed by atoms with Crippen molar-refractivity contribution in [1.29, 1.82) is 0 Å². The van der Waals surface area contributed by atoms with E-state index in [1.807, 2.05) is 0 Å². The highest BCUT2D eigenvalue weighted by atomic mass is 16.4. The van der Waals surface area contributed by atoms with Crippen molar-refractivity contribution in [3.63, 3.8) is 0 Å². The SMILES string of the molecule is Nc1nccc2cccc(C(=O)O)c12. The molecule has 1 aromatic heterocycles. The summed E-state index contributed by atoms with van der Waals surface area (Å²) in [6.07, 6.45) is 1.56. The Morgan fingerprint density at radius 2 is 2.14 bits per heavy atom. The fourth-order valence-electron chi connectivity index (χ4n) is 1.44. The first-order valence-corrected chi connectivity index (χ1v) is 4.06. The lowest BCUT2D eigenvalue weighted by atomic mass is 10.1. The average molecular weight is 188 g/mol. The number of nitrogens with zero attached hydrogens (tertiary/aromatic N) is 1. The van der Waals surface area contributed by atoms with Crippen LogP contribution >= 0.6 is 0 Å². The molecule has 0 saturated carbocycles. The Balaban J connectivity index is 2.91. The van der Waals surface area contributed by atoms with E-state index in [9.17, 15) is 4.79 Å². The number of hydrogen-bond donors (Lipinski definition) is 2. The molecule has 0 bridgehead atoms. The number of carbonyl (C=O) groups is 1. The Labute approximate surface area is 80.0 Å². The third kappa shape index (κ3) is 1.17. The van der Waals surface area contributed by atoms with Crippen LogP contribution in [0.1, 0.15) is 10.4 Å². The molecule has 0 fully saturated rings. The van der Waals surface area contributed by atoms with Gasteiger partial charge in [0.25, 0.3) is 0 Å². The summed E-state index contributed by atoms with van der Waals surface area (Å²) < 4.78 is 0. The molecule has 4 heteroatoms. The first-order valence-electron chi connectivity index (χ1n) is 4.06. The topological polar surface area (TPSA) is 76.2 Å². The van der Waals surface area contributed by atoms with Gasteiger partial charge in [0.05, 0.1) is 5.56 Å². The van der Waals surface area contributed by atoms with E-state index in [2.05, 4.69) is 4.98 Å². The van der Waals surface area contributed by atoms with Crippen LogP contribution in [0.5, 0.6) is 0 Å². The van der Waals surface area contributed by atoms with Crippen molar-refractivity contribution in [2.75, 3.05) is 5.73 Å². The van der Waals surface area contributed by atoms with Crippen LogP contribution in [0.3, 0.4) is 0 Å². The second-order valence-electron chi connectivity index (χ2n) is 2.91. The monoisotopic (exact) mass is 188 g/mol. The Bertz CT molecular complexity index is 503. The maximum absolute atomic E-state index is 10.9. The van der Waals surface area contributed by atoms with E-state index >= 15 is 0 Å². The van der Waals surface area contributed by atoms with E-state index in [1.54, 1.807) is 24.4 Å². The van der Waals surface area contributed by atoms with Crippen LogP contribution < -0.4 is 5.73 Å². The zero-order chi connectivity index (χ0) is 10.1. The quantitative estimate of drug-likeness (QED) is 0.711. The smallest absolute Gasteiger partial charge is 0.336 e. The Kier molecular flexibility index (Phi) is 1.81. The van der Waals surface area contributed by atoms with Crippen LogP contribution in [0.25, 0.3) is 10.8 Å². The lowest BCUT2D eigenvalue weighted by Gasteiger charge is -2.03. The molecular weight excluding hydrogens is 180 g/mol. The summed E-state index contributed by atoms with van der Waals surface area (Å²) in [6.45, 7) is 0. The molecule has 14 heavy (non-hydrogen) atoms. The summed E-state index contributed by atoms with van der Waals surface area (Å²) >= 11 is 0. The van der Waals surface area contributed by atoms with Gasteiger partial charge in [-0.2, -0.15) is 0 Å². The summed E-state index contributed by atoms with van der Waals surface area (Å²) in [6, 6.07) is 6.74. The number of nitrogen functional groups attached to an aromatic ring is 1. The molecule has 0 aliphatic heterocycles. The zero-order valence-electron chi connectivity index (χ0n) is 7.27. The second-order valence-corrected chi connectivity index (χ2v) is 2.91. The fraction of sp³-hybridized carbons (Fsp3) is 0. The number of benzene rings is 1. The predicted octanol–water partition coefficient (Wildman–Crippen LogP) is 1.52. The van der Waals surface area contributed by atoms with Gasteiger partial charge >= 0.3 is 5.97 Å². The van der Waals surface area contributed by atoms with Crippen molar-refractivity contribution in [3.05, 3.63) is 36.0 Å². The molecule has 0 aliphatic rings. The van der Waals surface area contributed by atoms with E-state index in [0.29, 0.717) is 5.39 Å². The molecule has 4 nitrogen and oxygen atoms in total. The number of hydrogen-bond acceptors (Lipinski definition) is 3. The number of aromatic nitrogens is 1. The van der Waals surface area contributed by atoms with Gasteiger partial charge in [-0.05, 0) is 17.5 Å². The number of carboxylic acids is 1. The minimum atomic E-state index is -0.990. The molecule has 0 atom stereocenters. The third-order valence-electron chi connectivity index (χ3n) is 2.05. The lowest BCUT2D eigenvalue weighted by Crippen LogP contribution is -2.00. The molecule has 0 unspecified atom stereocenters. The van der Waals surface area contributed by atoms with E-state index in [0.717, 1.165) is 5.39 Å². The molecule has 2 rings (SSSR count). The molecular formula is C10H8N2O2. The summed E-state index contributed by atoms with van der Waals surface area (Å²) in [5.41, 5.74) is 5.81. The largest absolute Gasteiger partial charge is 0.478 e. The molecule has 1 heterocycles. The van der Waals surface area contributed by atoms with E-state index < -0.39 is 5.97 Å². The van der Waals surface area contributed by atoms with Crippen LogP contribution in [-0.2, 0) is 0 Å². The summed E-state index contributed by atoms with van der Waals surface area (Å²) in [5.74, 6) is -0.740. The number of aromatic carboxylic acids is 1. The van der Waals surface area contributed by atoms with Crippen LogP contribution in [0.4, 0.5) is 5.82 Å². The van der Waals surface area contributed by atoms with Crippen molar-refractivity contribution in [2.45, 2.75) is 0 Å². The lowest BCUT2D eigenvalue weighted by molar-refractivity contribution is 0.0699. The van der Waals surface area contributed by atoms with E-state index in [4.69, 9.17) is 10.8 Å². The van der Waals surface area contributed by atoms with Gasteiger partial charge in [0, 0.05) is 11.6 Å². The van der Waals surface area contributed by atoms with Crippen molar-refractivity contribution < 1.29 is 9.90 Å². The molecule has 0 saturated heterocycles. The number of pyridine rings is 1. The van der Waals surface area contributed by atoms with Crippen LogP contribution in [0.2, 0.25) is 0 Å². The van der Waals surface area contributed by atoms with Crippen molar-refractivity contribution in [3.8, 4) is 0 Å². The second kappa shape index (κ2) is 2.99. The van der Waals surface area contributed by atoms with Gasteiger partial charge in [0.2, 0.25) is 0 Å². The molecule has 70 valence electrons. The van der Waals surface area contributed by atoms with Gasteiger partial charge in [0.1, 0.15) is 5.82 Å². The number of fused-ring (bicyclic) bond motifs is 1. The Morgan fingerprint density at radius 1 is 1.36 bits per heavy atom. The van der Waals surface area contributed by atoms with Gasteiger partial charge in [-0.15, -0.1) is 0 Å². The highest BCUT2D eigenvalue weighted by Crippen LogP contribution is 2.22. The van der Waals surface area contributed by atoms with Crippen LogP contribution in [0, 0.1) is 0 Å². The minimum absolute atomic E-state index is 0.188. The van der Waals surface area contributed by atoms with Crippen LogP contribution in [-0.4, -0.2) is 16.1 Å². The molecule has 0 spiro atoms. The predicted molar refractivity (Wildman–Crippen MR) is 53.1 cm³/mol. The summed E-state index contributed by atoms with van der Waals surface area (Å²) in [5, 5.41) is 10.2. The maximum Gasteiger partial charge on any atom is 0.336 e. The van der Waals surface area contributed by atoms with Crippen molar-refractivity contribution in [1.82, 2.24) is 4.98 Å². The number of nitrogens with two attached hydrogens (primary N) is 1. The van der Waals surface area contributed by atoms with Gasteiger partial charge in [0.15, 0.2) is 0 Å². The Hall–Kier alpha value is -2.10. The molecule has 2 aromatic rings. The highest BCUT2D eigenvalue weighted by Gasteiger charge is 2.10. The van der Waals surface area contributed by atoms with Gasteiger partial charge < -0.3 is 10.8 Å². The summed E-state index contributed by atoms with van der Waals surface area (Å²) in [7, 11) is 0. The average Bonchev–Trinajstić information content (AvgIpc) is 2.17. The first-order chi connectivity index (χ1) is 6.70. The zero-order valence-corrected chi connectivity index (χ0v) is 7.27.